The van der Waals surface area contributed by atoms with Crippen LogP contribution in [0, 0.1) is 0 Å². The van der Waals surface area contributed by atoms with E-state index in [2.05, 4.69) is 42.7 Å². The molecular weight excluding hydrogens is 380 g/mol. The quantitative estimate of drug-likeness (QED) is 0.525. The number of benzene rings is 2. The van der Waals surface area contributed by atoms with E-state index in [1.165, 1.54) is 5.56 Å². The third-order valence-corrected chi connectivity index (χ3v) is 4.79. The lowest BCUT2D eigenvalue weighted by Crippen LogP contribution is -2.20. The van der Waals surface area contributed by atoms with Gasteiger partial charge in [0.1, 0.15) is 5.69 Å². The van der Waals surface area contributed by atoms with E-state index in [0.717, 1.165) is 39.7 Å². The summed E-state index contributed by atoms with van der Waals surface area (Å²) in [4.78, 5) is 12.4. The van der Waals surface area contributed by atoms with Crippen molar-refractivity contribution in [3.05, 3.63) is 75.4 Å². The first-order valence-corrected chi connectivity index (χ1v) is 8.76. The minimum Gasteiger partial charge on any atom is -0.272 e. The molecule has 0 spiro atoms. The molecule has 3 aromatic rings. The van der Waals surface area contributed by atoms with Crippen LogP contribution < -0.4 is 5.43 Å². The number of aryl methyl sites for hydroxylation is 1. The summed E-state index contributed by atoms with van der Waals surface area (Å²) in [5, 5.41) is 11.3. The number of fused-ring (bicyclic) bond motifs is 3. The average molecular weight is 395 g/mol. The van der Waals surface area contributed by atoms with E-state index in [1.54, 1.807) is 6.21 Å². The molecule has 1 aromatic heterocycles. The fraction of sp³-hybridized carbons (Fsp3) is 0.105. The molecule has 0 radical (unpaired) electrons. The molecule has 124 valence electrons. The third kappa shape index (κ3) is 3.13. The van der Waals surface area contributed by atoms with Crippen LogP contribution in [0.15, 0.2) is 58.1 Å². The minimum atomic E-state index is -0.276. The molecule has 0 aliphatic heterocycles. The van der Waals surface area contributed by atoms with Crippen LogP contribution in [0.25, 0.3) is 11.3 Å². The average Bonchev–Trinajstić information content (AvgIpc) is 3.08. The maximum Gasteiger partial charge on any atom is 0.289 e. The van der Waals surface area contributed by atoms with Gasteiger partial charge in [0.2, 0.25) is 0 Å². The van der Waals surface area contributed by atoms with E-state index in [0.29, 0.717) is 5.69 Å². The number of hydrogen-bond donors (Lipinski definition) is 2. The Morgan fingerprint density at radius 2 is 1.96 bits per heavy atom. The molecule has 1 heterocycles. The Morgan fingerprint density at radius 3 is 2.80 bits per heavy atom. The maximum absolute atomic E-state index is 12.4. The predicted octanol–water partition coefficient (Wildman–Crippen LogP) is 3.70. The molecule has 0 saturated carbocycles. The Labute approximate surface area is 153 Å². The lowest BCUT2D eigenvalue weighted by molar-refractivity contribution is 0.0949. The number of hydrogen-bond acceptors (Lipinski definition) is 3. The summed E-state index contributed by atoms with van der Waals surface area (Å²) in [5.41, 5.74) is 8.14. The van der Waals surface area contributed by atoms with Crippen LogP contribution in [-0.4, -0.2) is 22.3 Å². The number of aromatic nitrogens is 2. The van der Waals surface area contributed by atoms with Gasteiger partial charge in [0.15, 0.2) is 0 Å². The van der Waals surface area contributed by atoms with E-state index < -0.39 is 0 Å². The van der Waals surface area contributed by atoms with Crippen molar-refractivity contribution in [1.29, 1.82) is 0 Å². The van der Waals surface area contributed by atoms with Crippen molar-refractivity contribution in [2.24, 2.45) is 5.10 Å². The molecule has 1 aliphatic rings. The molecule has 0 saturated heterocycles. The van der Waals surface area contributed by atoms with Gasteiger partial charge in [0, 0.05) is 15.6 Å². The van der Waals surface area contributed by atoms with Crippen LogP contribution in [0.5, 0.6) is 0 Å². The number of amides is 1. The molecule has 25 heavy (non-hydrogen) atoms. The zero-order chi connectivity index (χ0) is 17.2. The summed E-state index contributed by atoms with van der Waals surface area (Å²) in [6.07, 6.45) is 3.32. The fourth-order valence-electron chi connectivity index (χ4n) is 3.02. The Balaban J connectivity index is 1.53. The van der Waals surface area contributed by atoms with Gasteiger partial charge in [-0.1, -0.05) is 52.3 Å². The summed E-state index contributed by atoms with van der Waals surface area (Å²) in [7, 11) is 0. The number of carbonyl (C=O) groups excluding carboxylic acids is 1. The molecule has 0 bridgehead atoms. The number of rotatable bonds is 3. The van der Waals surface area contributed by atoms with E-state index in [-0.39, 0.29) is 5.91 Å². The minimum absolute atomic E-state index is 0.276. The van der Waals surface area contributed by atoms with Crippen LogP contribution in [0.2, 0.25) is 0 Å². The zero-order valence-corrected chi connectivity index (χ0v) is 14.9. The second-order valence-electron chi connectivity index (χ2n) is 5.83. The molecular formula is C19H15BrN4O. The van der Waals surface area contributed by atoms with Crippen molar-refractivity contribution in [1.82, 2.24) is 15.6 Å². The summed E-state index contributed by atoms with van der Waals surface area (Å²) < 4.78 is 0.998. The highest BCUT2D eigenvalue weighted by atomic mass is 79.9. The monoisotopic (exact) mass is 394 g/mol. The molecule has 6 heteroatoms. The van der Waals surface area contributed by atoms with E-state index in [4.69, 9.17) is 0 Å². The largest absolute Gasteiger partial charge is 0.289 e. The smallest absolute Gasteiger partial charge is 0.272 e. The van der Waals surface area contributed by atoms with Gasteiger partial charge in [-0.25, -0.2) is 5.43 Å². The van der Waals surface area contributed by atoms with Gasteiger partial charge >= 0.3 is 0 Å². The Hall–Kier alpha value is -2.73. The van der Waals surface area contributed by atoms with Crippen LogP contribution in [0.4, 0.5) is 0 Å². The van der Waals surface area contributed by atoms with Crippen molar-refractivity contribution >= 4 is 28.1 Å². The number of H-pyrrole nitrogens is 1. The van der Waals surface area contributed by atoms with Crippen molar-refractivity contribution in [2.45, 2.75) is 12.8 Å². The van der Waals surface area contributed by atoms with Crippen molar-refractivity contribution < 1.29 is 4.79 Å². The van der Waals surface area contributed by atoms with E-state index in [9.17, 15) is 4.79 Å². The standard InChI is InChI=1S/C19H15BrN4O/c20-14-8-5-12(6-9-14)11-21-24-19(25)18-16-10-7-13-3-1-2-4-15(13)17(16)22-23-18/h1-6,8-9,11H,7,10H2,(H,22,23)(H,24,25)/b21-11-. The molecule has 0 atom stereocenters. The van der Waals surface area contributed by atoms with Gasteiger partial charge < -0.3 is 0 Å². The molecule has 2 aromatic carbocycles. The van der Waals surface area contributed by atoms with Crippen LogP contribution in [0.1, 0.15) is 27.2 Å². The Morgan fingerprint density at radius 1 is 1.16 bits per heavy atom. The molecule has 0 fully saturated rings. The van der Waals surface area contributed by atoms with Crippen LogP contribution in [0.3, 0.4) is 0 Å². The topological polar surface area (TPSA) is 70.1 Å². The van der Waals surface area contributed by atoms with Crippen LogP contribution in [-0.2, 0) is 12.8 Å². The second-order valence-corrected chi connectivity index (χ2v) is 6.75. The maximum atomic E-state index is 12.4. The predicted molar refractivity (Wildman–Crippen MR) is 101 cm³/mol. The lowest BCUT2D eigenvalue weighted by Gasteiger charge is -2.15. The zero-order valence-electron chi connectivity index (χ0n) is 13.3. The molecule has 0 unspecified atom stereocenters. The third-order valence-electron chi connectivity index (χ3n) is 4.26. The number of hydrazone groups is 1. The number of halogens is 1. The summed E-state index contributed by atoms with van der Waals surface area (Å²) >= 11 is 3.38. The van der Waals surface area contributed by atoms with Crippen molar-refractivity contribution in [2.75, 3.05) is 0 Å². The van der Waals surface area contributed by atoms with E-state index >= 15 is 0 Å². The highest BCUT2D eigenvalue weighted by molar-refractivity contribution is 9.10. The highest BCUT2D eigenvalue weighted by Gasteiger charge is 2.24. The number of aromatic amines is 1. The molecule has 1 aliphatic carbocycles. The SMILES string of the molecule is O=C(N/N=C\c1ccc(Br)cc1)c1[nH]nc2c1CCc1ccccc1-2. The normalized spacial score (nSPS) is 12.7. The Bertz CT molecular complexity index is 960. The molecule has 2 N–H and O–H groups in total. The number of nitrogens with zero attached hydrogens (tertiary/aromatic N) is 2. The van der Waals surface area contributed by atoms with Gasteiger partial charge in [-0.2, -0.15) is 10.2 Å². The van der Waals surface area contributed by atoms with Gasteiger partial charge in [-0.15, -0.1) is 0 Å². The van der Waals surface area contributed by atoms with Gasteiger partial charge in [0.05, 0.1) is 11.9 Å². The number of nitrogens with one attached hydrogen (secondary N) is 2. The van der Waals surface area contributed by atoms with Gasteiger partial charge in [-0.3, -0.25) is 9.89 Å². The number of carbonyl (C=O) groups is 1. The van der Waals surface area contributed by atoms with Crippen molar-refractivity contribution in [3.8, 4) is 11.3 Å². The first-order valence-electron chi connectivity index (χ1n) is 7.97. The first-order chi connectivity index (χ1) is 12.2. The van der Waals surface area contributed by atoms with Gasteiger partial charge in [-0.05, 0) is 36.1 Å². The second kappa shape index (κ2) is 6.64. The fourth-order valence-corrected chi connectivity index (χ4v) is 3.28. The lowest BCUT2D eigenvalue weighted by atomic mass is 9.89. The summed E-state index contributed by atoms with van der Waals surface area (Å²) in [5.74, 6) is -0.276. The summed E-state index contributed by atoms with van der Waals surface area (Å²) in [6.45, 7) is 0. The van der Waals surface area contributed by atoms with Gasteiger partial charge in [0.25, 0.3) is 5.91 Å². The first kappa shape index (κ1) is 15.8. The molecule has 4 rings (SSSR count). The summed E-state index contributed by atoms with van der Waals surface area (Å²) in [6, 6.07) is 15.8. The molecule has 5 nitrogen and oxygen atoms in total. The highest BCUT2D eigenvalue weighted by Crippen LogP contribution is 2.33. The van der Waals surface area contributed by atoms with E-state index in [1.807, 2.05) is 42.5 Å². The Kier molecular flexibility index (Phi) is 4.19. The van der Waals surface area contributed by atoms with Crippen LogP contribution >= 0.6 is 15.9 Å². The molecule has 1 amide bonds. The van der Waals surface area contributed by atoms with Crippen molar-refractivity contribution in [3.63, 3.8) is 0 Å².